The Balaban J connectivity index is 1.52. The molecule has 0 atom stereocenters. The van der Waals surface area contributed by atoms with E-state index < -0.39 is 0 Å². The molecule has 0 radical (unpaired) electrons. The molecular formula is C37H29N3O2. The van der Waals surface area contributed by atoms with Crippen molar-refractivity contribution in [1.82, 2.24) is 0 Å². The molecule has 0 unspecified atom stereocenters. The van der Waals surface area contributed by atoms with Gasteiger partial charge < -0.3 is 14.1 Å². The van der Waals surface area contributed by atoms with Gasteiger partial charge in [0.15, 0.2) is 5.58 Å². The lowest BCUT2D eigenvalue weighted by Crippen LogP contribution is -2.25. The summed E-state index contributed by atoms with van der Waals surface area (Å²) in [4.78, 5) is 2.28. The first kappa shape index (κ1) is 25.4. The molecule has 0 fully saturated rings. The molecule has 0 aliphatic heterocycles. The summed E-state index contributed by atoms with van der Waals surface area (Å²) in [5.41, 5.74) is 8.35. The molecule has 0 aliphatic carbocycles. The lowest BCUT2D eigenvalue weighted by molar-refractivity contribution is 0.415. The second-order valence-corrected chi connectivity index (χ2v) is 10.1. The number of nitrogens with two attached hydrogens (primary N) is 1. The van der Waals surface area contributed by atoms with E-state index in [2.05, 4.69) is 95.9 Å². The number of hydrogen-bond donors (Lipinski definition) is 1. The fourth-order valence-electron chi connectivity index (χ4n) is 5.54. The van der Waals surface area contributed by atoms with Gasteiger partial charge in [0, 0.05) is 33.8 Å². The quantitative estimate of drug-likeness (QED) is 0.159. The van der Waals surface area contributed by atoms with Crippen molar-refractivity contribution < 1.29 is 9.15 Å². The first-order valence-electron chi connectivity index (χ1n) is 13.8. The lowest BCUT2D eigenvalue weighted by Gasteiger charge is -2.29. The maximum absolute atomic E-state index is 6.89. The monoisotopic (exact) mass is 547 g/mol. The van der Waals surface area contributed by atoms with E-state index in [1.54, 1.807) is 12.1 Å². The lowest BCUT2D eigenvalue weighted by atomic mass is 10.0. The van der Waals surface area contributed by atoms with Gasteiger partial charge in [-0.25, -0.2) is 5.84 Å². The molecule has 5 nitrogen and oxygen atoms in total. The number of benzene rings is 6. The van der Waals surface area contributed by atoms with E-state index >= 15 is 0 Å². The van der Waals surface area contributed by atoms with Gasteiger partial charge in [-0.05, 0) is 54.1 Å². The molecule has 7 aromatic rings. The van der Waals surface area contributed by atoms with Crippen LogP contribution in [0.4, 0.5) is 28.4 Å². The van der Waals surface area contributed by atoms with Crippen molar-refractivity contribution in [3.63, 3.8) is 0 Å². The van der Waals surface area contributed by atoms with Crippen LogP contribution in [0.25, 0.3) is 33.1 Å². The Bertz CT molecular complexity index is 2000. The van der Waals surface area contributed by atoms with E-state index in [4.69, 9.17) is 15.0 Å². The SMILES string of the molecule is COc1cccc(N(N)c2cc(N(c3ccccc3)c3ccccc3-c3ccccc3)cc3c2oc2ccccc23)c1. The van der Waals surface area contributed by atoms with Crippen LogP contribution in [-0.2, 0) is 0 Å². The summed E-state index contributed by atoms with van der Waals surface area (Å²) < 4.78 is 11.9. The number of furan rings is 1. The van der Waals surface area contributed by atoms with Crippen molar-refractivity contribution in [2.24, 2.45) is 5.84 Å². The van der Waals surface area contributed by atoms with E-state index in [9.17, 15) is 0 Å². The fourth-order valence-corrected chi connectivity index (χ4v) is 5.54. The Kier molecular flexibility index (Phi) is 6.55. The molecule has 7 rings (SSSR count). The molecule has 6 aromatic carbocycles. The zero-order valence-electron chi connectivity index (χ0n) is 23.1. The van der Waals surface area contributed by atoms with E-state index in [-0.39, 0.29) is 0 Å². The van der Waals surface area contributed by atoms with Crippen LogP contribution < -0.4 is 20.5 Å². The molecule has 204 valence electrons. The van der Waals surface area contributed by atoms with Gasteiger partial charge in [0.2, 0.25) is 0 Å². The predicted octanol–water partition coefficient (Wildman–Crippen LogP) is 9.74. The summed E-state index contributed by atoms with van der Waals surface area (Å²) >= 11 is 0. The highest BCUT2D eigenvalue weighted by Gasteiger charge is 2.23. The van der Waals surface area contributed by atoms with Crippen LogP contribution in [0.2, 0.25) is 0 Å². The number of para-hydroxylation sites is 3. The van der Waals surface area contributed by atoms with Gasteiger partial charge >= 0.3 is 0 Å². The van der Waals surface area contributed by atoms with Gasteiger partial charge in [-0.15, -0.1) is 0 Å². The molecule has 0 amide bonds. The highest BCUT2D eigenvalue weighted by Crippen LogP contribution is 2.46. The smallest absolute Gasteiger partial charge is 0.160 e. The van der Waals surface area contributed by atoms with Gasteiger partial charge in [0.05, 0.1) is 18.5 Å². The van der Waals surface area contributed by atoms with E-state index in [0.29, 0.717) is 0 Å². The maximum Gasteiger partial charge on any atom is 0.160 e. The highest BCUT2D eigenvalue weighted by atomic mass is 16.5. The average Bonchev–Trinajstić information content (AvgIpc) is 3.44. The maximum atomic E-state index is 6.89. The van der Waals surface area contributed by atoms with Crippen LogP contribution in [-0.4, -0.2) is 7.11 Å². The summed E-state index contributed by atoms with van der Waals surface area (Å²) in [6, 6.07) is 49.5. The average molecular weight is 548 g/mol. The molecule has 0 bridgehead atoms. The molecule has 42 heavy (non-hydrogen) atoms. The van der Waals surface area contributed by atoms with Crippen LogP contribution in [0.1, 0.15) is 0 Å². The normalized spacial score (nSPS) is 11.1. The summed E-state index contributed by atoms with van der Waals surface area (Å²) in [6.45, 7) is 0. The van der Waals surface area contributed by atoms with Crippen molar-refractivity contribution in [2.45, 2.75) is 0 Å². The third kappa shape index (κ3) is 4.52. The second kappa shape index (κ2) is 10.8. The van der Waals surface area contributed by atoms with Crippen LogP contribution in [0, 0.1) is 0 Å². The largest absolute Gasteiger partial charge is 0.497 e. The summed E-state index contributed by atoms with van der Waals surface area (Å²) in [6.07, 6.45) is 0. The van der Waals surface area contributed by atoms with Crippen LogP contribution in [0.5, 0.6) is 5.75 Å². The number of nitrogens with zero attached hydrogens (tertiary/aromatic N) is 2. The molecule has 0 saturated carbocycles. The standard InChI is InChI=1S/C37H29N3O2/c1-41-30-18-12-17-28(23-30)40(38)35-25-29(24-33-32-20-9-11-22-36(32)42-37(33)35)39(27-15-6-3-7-16-27)34-21-10-8-19-31(34)26-13-4-2-5-14-26/h2-25H,38H2,1H3. The summed E-state index contributed by atoms with van der Waals surface area (Å²) in [7, 11) is 1.65. The predicted molar refractivity (Wildman–Crippen MR) is 173 cm³/mol. The van der Waals surface area contributed by atoms with Crippen molar-refractivity contribution in [1.29, 1.82) is 0 Å². The third-order valence-electron chi connectivity index (χ3n) is 7.54. The van der Waals surface area contributed by atoms with Crippen LogP contribution in [0.15, 0.2) is 150 Å². The Morgan fingerprint density at radius 2 is 1.26 bits per heavy atom. The molecule has 1 heterocycles. The van der Waals surface area contributed by atoms with Gasteiger partial charge in [-0.2, -0.15) is 0 Å². The van der Waals surface area contributed by atoms with Crippen LogP contribution in [0.3, 0.4) is 0 Å². The topological polar surface area (TPSA) is 54.9 Å². The summed E-state index contributed by atoms with van der Waals surface area (Å²) in [5.74, 6) is 7.62. The van der Waals surface area contributed by atoms with E-state index in [0.717, 1.165) is 67.3 Å². The Morgan fingerprint density at radius 3 is 2.07 bits per heavy atom. The number of rotatable bonds is 7. The molecule has 2 N–H and O–H groups in total. The molecule has 0 aliphatic rings. The molecule has 0 spiro atoms. The minimum absolute atomic E-state index is 0.717. The first-order valence-corrected chi connectivity index (χ1v) is 13.8. The third-order valence-corrected chi connectivity index (χ3v) is 7.54. The van der Waals surface area contributed by atoms with Crippen molar-refractivity contribution in [3.05, 3.63) is 146 Å². The molecule has 0 saturated heterocycles. The first-order chi connectivity index (χ1) is 20.7. The molecule has 1 aromatic heterocycles. The second-order valence-electron chi connectivity index (χ2n) is 10.1. The van der Waals surface area contributed by atoms with Gasteiger partial charge in [-0.1, -0.05) is 91.0 Å². The van der Waals surface area contributed by atoms with E-state index in [1.807, 2.05) is 54.6 Å². The van der Waals surface area contributed by atoms with Crippen molar-refractivity contribution in [2.75, 3.05) is 17.0 Å². The number of hydrazine groups is 1. The molecule has 5 heteroatoms. The number of anilines is 5. The fraction of sp³-hybridized carbons (Fsp3) is 0.0270. The minimum Gasteiger partial charge on any atom is -0.497 e. The van der Waals surface area contributed by atoms with E-state index in [1.165, 1.54) is 0 Å². The minimum atomic E-state index is 0.717. The van der Waals surface area contributed by atoms with Gasteiger partial charge in [-0.3, -0.25) is 5.01 Å². The number of fused-ring (bicyclic) bond motifs is 3. The zero-order valence-corrected chi connectivity index (χ0v) is 23.1. The Labute approximate surface area is 244 Å². The Hall–Kier alpha value is -5.52. The number of hydrogen-bond acceptors (Lipinski definition) is 5. The van der Waals surface area contributed by atoms with Gasteiger partial charge in [0.25, 0.3) is 0 Å². The zero-order chi connectivity index (χ0) is 28.5. The number of methoxy groups -OCH3 is 1. The number of ether oxygens (including phenoxy) is 1. The van der Waals surface area contributed by atoms with Crippen molar-refractivity contribution >= 4 is 50.4 Å². The van der Waals surface area contributed by atoms with Gasteiger partial charge in [0.1, 0.15) is 17.0 Å². The van der Waals surface area contributed by atoms with Crippen LogP contribution >= 0.6 is 0 Å². The Morgan fingerprint density at radius 1 is 0.571 bits per heavy atom. The van der Waals surface area contributed by atoms with Crippen molar-refractivity contribution in [3.8, 4) is 16.9 Å². The summed E-state index contributed by atoms with van der Waals surface area (Å²) in [5, 5.41) is 3.68. The molecular weight excluding hydrogens is 518 g/mol. The highest BCUT2D eigenvalue weighted by molar-refractivity contribution is 6.11.